The van der Waals surface area contributed by atoms with Crippen LogP contribution in [0.25, 0.3) is 0 Å². The van der Waals surface area contributed by atoms with E-state index in [1.165, 1.54) is 0 Å². The molecule has 1 aromatic heterocycles. The average molecular weight is 388 g/mol. The third-order valence-corrected chi connectivity index (χ3v) is 5.13. The fourth-order valence-electron chi connectivity index (χ4n) is 3.43. The Kier molecular flexibility index (Phi) is 6.56. The Bertz CT molecular complexity index is 741. The number of amides is 1. The van der Waals surface area contributed by atoms with Gasteiger partial charge < -0.3 is 14.5 Å². The van der Waals surface area contributed by atoms with Gasteiger partial charge in [0.1, 0.15) is 11.6 Å². The number of ether oxygens (including phenoxy) is 1. The quantitative estimate of drug-likeness (QED) is 0.751. The molecule has 1 fully saturated rings. The molecule has 27 heavy (non-hydrogen) atoms. The zero-order chi connectivity index (χ0) is 19.2. The maximum atomic E-state index is 12.8. The van der Waals surface area contributed by atoms with Crippen LogP contribution in [0.2, 0.25) is 5.02 Å². The van der Waals surface area contributed by atoms with Crippen LogP contribution in [0.4, 0.5) is 5.82 Å². The third kappa shape index (κ3) is 5.13. The molecule has 5 nitrogen and oxygen atoms in total. The van der Waals surface area contributed by atoms with Gasteiger partial charge in [0, 0.05) is 38.8 Å². The maximum Gasteiger partial charge on any atom is 0.225 e. The number of carbonyl (C=O) groups is 1. The summed E-state index contributed by atoms with van der Waals surface area (Å²) in [4.78, 5) is 21.2. The topological polar surface area (TPSA) is 45.7 Å². The van der Waals surface area contributed by atoms with E-state index in [4.69, 9.17) is 16.3 Å². The summed E-state index contributed by atoms with van der Waals surface area (Å²) in [5, 5.41) is 0.639. The number of rotatable bonds is 6. The molecule has 0 unspecified atom stereocenters. The van der Waals surface area contributed by atoms with E-state index < -0.39 is 0 Å². The van der Waals surface area contributed by atoms with Crippen molar-refractivity contribution in [3.05, 3.63) is 53.2 Å². The van der Waals surface area contributed by atoms with Crippen molar-refractivity contribution in [3.63, 3.8) is 0 Å². The minimum atomic E-state index is 0.0706. The van der Waals surface area contributed by atoms with Crippen molar-refractivity contribution in [2.45, 2.75) is 26.3 Å². The Morgan fingerprint density at radius 3 is 2.52 bits per heavy atom. The molecule has 1 aliphatic rings. The molecule has 3 rings (SSSR count). The lowest BCUT2D eigenvalue weighted by molar-refractivity contribution is -0.135. The van der Waals surface area contributed by atoms with Crippen LogP contribution in [-0.4, -0.2) is 42.5 Å². The first kappa shape index (κ1) is 19.5. The van der Waals surface area contributed by atoms with Crippen LogP contribution in [0.15, 0.2) is 42.6 Å². The number of nitrogens with zero attached hydrogens (tertiary/aromatic N) is 3. The van der Waals surface area contributed by atoms with E-state index in [-0.39, 0.29) is 11.8 Å². The highest BCUT2D eigenvalue weighted by Gasteiger charge is 2.27. The molecule has 0 saturated carbocycles. The van der Waals surface area contributed by atoms with Gasteiger partial charge in [0.2, 0.25) is 5.91 Å². The molecule has 0 atom stereocenters. The zero-order valence-electron chi connectivity index (χ0n) is 15.9. The van der Waals surface area contributed by atoms with Gasteiger partial charge in [-0.2, -0.15) is 0 Å². The van der Waals surface area contributed by atoms with Crippen molar-refractivity contribution >= 4 is 23.3 Å². The first-order valence-corrected chi connectivity index (χ1v) is 9.78. The van der Waals surface area contributed by atoms with Crippen molar-refractivity contribution in [1.82, 2.24) is 9.88 Å². The Hall–Kier alpha value is -2.27. The number of carbonyl (C=O) groups excluding carboxylic acids is 1. The number of benzene rings is 1. The normalized spacial score (nSPS) is 14.9. The fraction of sp³-hybridized carbons (Fsp3) is 0.429. The largest absolute Gasteiger partial charge is 0.494 e. The second-order valence-electron chi connectivity index (χ2n) is 6.87. The van der Waals surface area contributed by atoms with Gasteiger partial charge in [-0.05, 0) is 49.6 Å². The molecule has 6 heteroatoms. The summed E-state index contributed by atoms with van der Waals surface area (Å²) in [7, 11) is 1.88. The van der Waals surface area contributed by atoms with E-state index >= 15 is 0 Å². The zero-order valence-corrected chi connectivity index (χ0v) is 16.7. The fourth-order valence-corrected chi connectivity index (χ4v) is 3.54. The molecule has 144 valence electrons. The lowest BCUT2D eigenvalue weighted by Crippen LogP contribution is -2.41. The number of halogens is 1. The predicted octanol–water partition coefficient (Wildman–Crippen LogP) is 4.01. The van der Waals surface area contributed by atoms with E-state index in [2.05, 4.69) is 9.88 Å². The number of pyridine rings is 1. The first-order chi connectivity index (χ1) is 13.1. The molecule has 2 aromatic rings. The van der Waals surface area contributed by atoms with Crippen molar-refractivity contribution in [2.75, 3.05) is 31.6 Å². The van der Waals surface area contributed by atoms with Crippen LogP contribution in [0.3, 0.4) is 0 Å². The van der Waals surface area contributed by atoms with Gasteiger partial charge in [0.15, 0.2) is 0 Å². The number of hydrogen-bond acceptors (Lipinski definition) is 4. The van der Waals surface area contributed by atoms with E-state index in [9.17, 15) is 4.79 Å². The second-order valence-corrected chi connectivity index (χ2v) is 7.30. The molecule has 1 saturated heterocycles. The third-order valence-electron chi connectivity index (χ3n) is 4.91. The Morgan fingerprint density at radius 1 is 1.22 bits per heavy atom. The SMILES string of the molecule is CCOc1ccc(CN(C)C(=O)C2CCN(c3ccc(Cl)cn3)CC2)cc1. The smallest absolute Gasteiger partial charge is 0.225 e. The summed E-state index contributed by atoms with van der Waals surface area (Å²) < 4.78 is 5.46. The van der Waals surface area contributed by atoms with E-state index in [1.807, 2.05) is 55.3 Å². The molecule has 1 amide bonds. The molecular weight excluding hydrogens is 362 g/mol. The molecule has 0 radical (unpaired) electrons. The lowest BCUT2D eigenvalue weighted by Gasteiger charge is -2.34. The summed E-state index contributed by atoms with van der Waals surface area (Å²) >= 11 is 5.90. The highest BCUT2D eigenvalue weighted by molar-refractivity contribution is 6.30. The number of piperidine rings is 1. The van der Waals surface area contributed by atoms with Crippen molar-refractivity contribution in [3.8, 4) is 5.75 Å². The molecule has 0 aliphatic carbocycles. The summed E-state index contributed by atoms with van der Waals surface area (Å²) in [5.41, 5.74) is 1.11. The summed E-state index contributed by atoms with van der Waals surface area (Å²) in [6.07, 6.45) is 3.35. The Labute approximate surface area is 165 Å². The second kappa shape index (κ2) is 9.09. The molecule has 0 N–H and O–H groups in total. The molecule has 1 aliphatic heterocycles. The number of hydrogen-bond donors (Lipinski definition) is 0. The van der Waals surface area contributed by atoms with E-state index in [0.717, 1.165) is 43.1 Å². The molecule has 1 aromatic carbocycles. The van der Waals surface area contributed by atoms with Gasteiger partial charge >= 0.3 is 0 Å². The number of aromatic nitrogens is 1. The first-order valence-electron chi connectivity index (χ1n) is 9.40. The van der Waals surface area contributed by atoms with Crippen LogP contribution in [0, 0.1) is 5.92 Å². The standard InChI is InChI=1S/C21H26ClN3O2/c1-3-27-19-7-4-16(5-8-19)15-24(2)21(26)17-10-12-25(13-11-17)20-9-6-18(22)14-23-20/h4-9,14,17H,3,10-13,15H2,1-2H3. The highest BCUT2D eigenvalue weighted by atomic mass is 35.5. The Morgan fingerprint density at radius 2 is 1.93 bits per heavy atom. The predicted molar refractivity (Wildman–Crippen MR) is 108 cm³/mol. The monoisotopic (exact) mass is 387 g/mol. The van der Waals surface area contributed by atoms with Gasteiger partial charge in [0.05, 0.1) is 11.6 Å². The minimum absolute atomic E-state index is 0.0706. The minimum Gasteiger partial charge on any atom is -0.494 e. The van der Waals surface area contributed by atoms with Gasteiger partial charge in [-0.25, -0.2) is 4.98 Å². The van der Waals surface area contributed by atoms with Gasteiger partial charge in [0.25, 0.3) is 0 Å². The van der Waals surface area contributed by atoms with Crippen molar-refractivity contribution in [1.29, 1.82) is 0 Å². The Balaban J connectivity index is 1.51. The van der Waals surface area contributed by atoms with Crippen LogP contribution >= 0.6 is 11.6 Å². The van der Waals surface area contributed by atoms with Crippen molar-refractivity contribution < 1.29 is 9.53 Å². The van der Waals surface area contributed by atoms with E-state index in [0.29, 0.717) is 18.2 Å². The summed E-state index contributed by atoms with van der Waals surface area (Å²) in [6.45, 7) is 4.91. The molecule has 0 bridgehead atoms. The van der Waals surface area contributed by atoms with Gasteiger partial charge in [-0.3, -0.25) is 4.79 Å². The van der Waals surface area contributed by atoms with Crippen LogP contribution in [0.5, 0.6) is 5.75 Å². The van der Waals surface area contributed by atoms with Crippen LogP contribution in [0.1, 0.15) is 25.3 Å². The van der Waals surface area contributed by atoms with Gasteiger partial charge in [-0.15, -0.1) is 0 Å². The average Bonchev–Trinajstić information content (AvgIpc) is 2.70. The number of anilines is 1. The maximum absolute atomic E-state index is 12.8. The molecular formula is C21H26ClN3O2. The van der Waals surface area contributed by atoms with Crippen molar-refractivity contribution in [2.24, 2.45) is 5.92 Å². The van der Waals surface area contributed by atoms with Crippen LogP contribution < -0.4 is 9.64 Å². The summed E-state index contributed by atoms with van der Waals surface area (Å²) in [6, 6.07) is 11.7. The summed E-state index contributed by atoms with van der Waals surface area (Å²) in [5.74, 6) is 2.07. The van der Waals surface area contributed by atoms with Gasteiger partial charge in [-0.1, -0.05) is 23.7 Å². The lowest BCUT2D eigenvalue weighted by atomic mass is 9.95. The highest BCUT2D eigenvalue weighted by Crippen LogP contribution is 2.24. The van der Waals surface area contributed by atoms with E-state index in [1.54, 1.807) is 6.20 Å². The van der Waals surface area contributed by atoms with Crippen LogP contribution in [-0.2, 0) is 11.3 Å². The molecule has 2 heterocycles. The molecule has 0 spiro atoms.